The highest BCUT2D eigenvalue weighted by Crippen LogP contribution is 2.49. The van der Waals surface area contributed by atoms with Crippen molar-refractivity contribution >= 4 is 44.8 Å². The lowest BCUT2D eigenvalue weighted by atomic mass is 9.95. The average Bonchev–Trinajstić information content (AvgIpc) is 3.36. The second-order valence-corrected chi connectivity index (χ2v) is 8.39. The Balaban J connectivity index is 1.92. The van der Waals surface area contributed by atoms with E-state index in [-0.39, 0.29) is 5.02 Å². The van der Waals surface area contributed by atoms with E-state index in [0.717, 1.165) is 18.2 Å². The second kappa shape index (κ2) is 6.53. The first-order valence-electron chi connectivity index (χ1n) is 7.43. The van der Waals surface area contributed by atoms with Gasteiger partial charge in [-0.2, -0.15) is 0 Å². The summed E-state index contributed by atoms with van der Waals surface area (Å²) in [6, 6.07) is 9.64. The molecule has 1 aliphatic carbocycles. The van der Waals surface area contributed by atoms with Gasteiger partial charge in [-0.05, 0) is 36.6 Å². The number of benzene rings is 2. The van der Waals surface area contributed by atoms with Gasteiger partial charge in [0.15, 0.2) is 0 Å². The lowest BCUT2D eigenvalue weighted by molar-refractivity contribution is -0.385. The Kier molecular flexibility index (Phi) is 4.68. The van der Waals surface area contributed by atoms with Crippen LogP contribution >= 0.6 is 23.2 Å². The van der Waals surface area contributed by atoms with Gasteiger partial charge in [-0.3, -0.25) is 14.9 Å². The quantitative estimate of drug-likeness (QED) is 0.595. The van der Waals surface area contributed by atoms with Crippen molar-refractivity contribution in [3.8, 4) is 0 Å². The van der Waals surface area contributed by atoms with Crippen LogP contribution in [0.5, 0.6) is 0 Å². The third-order valence-corrected chi connectivity index (χ3v) is 6.25. The third-order valence-electron chi connectivity index (χ3n) is 4.20. The summed E-state index contributed by atoms with van der Waals surface area (Å²) in [6.07, 6.45) is 0.939. The standard InChI is InChI=1S/C16H12Cl2N2O5S/c17-11-3-1-2-10(8-11)16(6-7-16)15(21)19-26(24,25)14-9-12(20(22)23)4-5-13(14)18/h1-5,8-9H,6-7H2,(H,19,21). The molecule has 136 valence electrons. The zero-order valence-corrected chi connectivity index (χ0v) is 15.4. The molecule has 0 heterocycles. The fourth-order valence-electron chi connectivity index (χ4n) is 2.64. The number of nitro groups is 1. The molecule has 1 N–H and O–H groups in total. The average molecular weight is 415 g/mol. The topological polar surface area (TPSA) is 106 Å². The minimum Gasteiger partial charge on any atom is -0.273 e. The van der Waals surface area contributed by atoms with Crippen molar-refractivity contribution in [1.29, 1.82) is 0 Å². The number of nitrogens with zero attached hydrogens (tertiary/aromatic N) is 1. The van der Waals surface area contributed by atoms with Crippen LogP contribution in [0.2, 0.25) is 10.0 Å². The number of hydrogen-bond acceptors (Lipinski definition) is 5. The van der Waals surface area contributed by atoms with Gasteiger partial charge in [0.1, 0.15) is 4.90 Å². The van der Waals surface area contributed by atoms with Gasteiger partial charge in [0.25, 0.3) is 15.7 Å². The Morgan fingerprint density at radius 2 is 1.85 bits per heavy atom. The Morgan fingerprint density at radius 1 is 1.15 bits per heavy atom. The van der Waals surface area contributed by atoms with Crippen molar-refractivity contribution < 1.29 is 18.1 Å². The number of non-ortho nitro benzene ring substituents is 1. The van der Waals surface area contributed by atoms with Gasteiger partial charge in [0.05, 0.1) is 15.4 Å². The molecular formula is C16H12Cl2N2O5S. The Labute approximate surface area is 159 Å². The highest BCUT2D eigenvalue weighted by molar-refractivity contribution is 7.90. The number of halogens is 2. The zero-order valence-electron chi connectivity index (χ0n) is 13.1. The van der Waals surface area contributed by atoms with Crippen LogP contribution in [0.1, 0.15) is 18.4 Å². The van der Waals surface area contributed by atoms with E-state index in [9.17, 15) is 23.3 Å². The number of hydrogen-bond donors (Lipinski definition) is 1. The number of carbonyl (C=O) groups excluding carboxylic acids is 1. The van der Waals surface area contributed by atoms with E-state index in [1.165, 1.54) is 0 Å². The van der Waals surface area contributed by atoms with E-state index in [0.29, 0.717) is 23.4 Å². The van der Waals surface area contributed by atoms with Crippen molar-refractivity contribution in [2.24, 2.45) is 0 Å². The smallest absolute Gasteiger partial charge is 0.270 e. The SMILES string of the molecule is O=C(NS(=O)(=O)c1cc([N+](=O)[O-])ccc1Cl)C1(c2cccc(Cl)c2)CC1. The van der Waals surface area contributed by atoms with Gasteiger partial charge in [-0.15, -0.1) is 0 Å². The van der Waals surface area contributed by atoms with Gasteiger partial charge in [0.2, 0.25) is 5.91 Å². The molecule has 0 bridgehead atoms. The molecule has 0 saturated heterocycles. The highest BCUT2D eigenvalue weighted by Gasteiger charge is 2.52. The molecule has 10 heteroatoms. The summed E-state index contributed by atoms with van der Waals surface area (Å²) in [7, 11) is -4.38. The number of rotatable bonds is 5. The van der Waals surface area contributed by atoms with Gasteiger partial charge >= 0.3 is 0 Å². The fraction of sp³-hybridized carbons (Fsp3) is 0.188. The van der Waals surface area contributed by atoms with E-state index >= 15 is 0 Å². The second-order valence-electron chi connectivity index (χ2n) is 5.90. The molecule has 0 spiro atoms. The van der Waals surface area contributed by atoms with Crippen molar-refractivity contribution in [3.05, 3.63) is 68.2 Å². The summed E-state index contributed by atoms with van der Waals surface area (Å²) in [5.74, 6) is -0.720. The Hall–Kier alpha value is -2.16. The number of nitrogens with one attached hydrogen (secondary N) is 1. The maximum Gasteiger partial charge on any atom is 0.270 e. The monoisotopic (exact) mass is 414 g/mol. The molecule has 2 aromatic carbocycles. The zero-order chi connectivity index (χ0) is 19.1. The third kappa shape index (κ3) is 3.40. The van der Waals surface area contributed by atoms with Gasteiger partial charge in [0, 0.05) is 17.2 Å². The molecule has 7 nitrogen and oxygen atoms in total. The lowest BCUT2D eigenvalue weighted by Gasteiger charge is -2.16. The van der Waals surface area contributed by atoms with Crippen LogP contribution in [0, 0.1) is 10.1 Å². The summed E-state index contributed by atoms with van der Waals surface area (Å²) in [4.78, 5) is 22.2. The molecule has 1 amide bonds. The van der Waals surface area contributed by atoms with E-state index in [2.05, 4.69) is 0 Å². The molecule has 0 atom stereocenters. The minimum atomic E-state index is -4.38. The van der Waals surface area contributed by atoms with E-state index in [1.54, 1.807) is 24.3 Å². The molecule has 0 unspecified atom stereocenters. The minimum absolute atomic E-state index is 0.219. The molecule has 1 aliphatic rings. The van der Waals surface area contributed by atoms with Gasteiger partial charge in [-0.25, -0.2) is 13.1 Å². The molecule has 0 radical (unpaired) electrons. The fourth-order valence-corrected chi connectivity index (χ4v) is 4.41. The normalized spacial score (nSPS) is 15.3. The first kappa shape index (κ1) is 18.6. The predicted octanol–water partition coefficient (Wildman–Crippen LogP) is 3.44. The van der Waals surface area contributed by atoms with Crippen molar-refractivity contribution in [2.75, 3.05) is 0 Å². The summed E-state index contributed by atoms with van der Waals surface area (Å²) >= 11 is 11.8. The number of nitro benzene ring substituents is 1. The predicted molar refractivity (Wildman–Crippen MR) is 95.8 cm³/mol. The molecule has 0 aromatic heterocycles. The van der Waals surface area contributed by atoms with Crippen molar-refractivity contribution in [2.45, 2.75) is 23.2 Å². The Morgan fingerprint density at radius 3 is 2.42 bits per heavy atom. The first-order chi connectivity index (χ1) is 12.2. The van der Waals surface area contributed by atoms with Crippen LogP contribution in [0.3, 0.4) is 0 Å². The molecule has 2 aromatic rings. The summed E-state index contributed by atoms with van der Waals surface area (Å²) in [6.45, 7) is 0. The summed E-state index contributed by atoms with van der Waals surface area (Å²) in [5.41, 5.74) is -0.813. The molecular weight excluding hydrogens is 403 g/mol. The van der Waals surface area contributed by atoms with Crippen LogP contribution in [0.4, 0.5) is 5.69 Å². The molecule has 26 heavy (non-hydrogen) atoms. The van der Waals surface area contributed by atoms with Crippen LogP contribution in [0.25, 0.3) is 0 Å². The molecule has 1 saturated carbocycles. The highest BCUT2D eigenvalue weighted by atomic mass is 35.5. The first-order valence-corrected chi connectivity index (χ1v) is 9.67. The van der Waals surface area contributed by atoms with Crippen LogP contribution < -0.4 is 4.72 Å². The van der Waals surface area contributed by atoms with Crippen LogP contribution in [-0.2, 0) is 20.2 Å². The lowest BCUT2D eigenvalue weighted by Crippen LogP contribution is -2.39. The van der Waals surface area contributed by atoms with Crippen molar-refractivity contribution in [1.82, 2.24) is 4.72 Å². The van der Waals surface area contributed by atoms with Gasteiger partial charge in [-0.1, -0.05) is 35.3 Å². The summed E-state index contributed by atoms with van der Waals surface area (Å²) in [5, 5.41) is 11.1. The Bertz CT molecular complexity index is 1020. The molecule has 0 aliphatic heterocycles. The van der Waals surface area contributed by atoms with E-state index in [1.807, 2.05) is 4.72 Å². The van der Waals surface area contributed by atoms with Crippen LogP contribution in [-0.4, -0.2) is 19.2 Å². The number of amides is 1. The number of carbonyl (C=O) groups is 1. The molecule has 3 rings (SSSR count). The maximum atomic E-state index is 12.6. The largest absolute Gasteiger partial charge is 0.273 e. The molecule has 1 fully saturated rings. The van der Waals surface area contributed by atoms with Crippen molar-refractivity contribution in [3.63, 3.8) is 0 Å². The van der Waals surface area contributed by atoms with E-state index in [4.69, 9.17) is 23.2 Å². The van der Waals surface area contributed by atoms with E-state index < -0.39 is 36.9 Å². The van der Waals surface area contributed by atoms with Crippen LogP contribution in [0.15, 0.2) is 47.4 Å². The maximum absolute atomic E-state index is 12.6. The summed E-state index contributed by atoms with van der Waals surface area (Å²) < 4.78 is 27.1. The van der Waals surface area contributed by atoms with Gasteiger partial charge < -0.3 is 0 Å². The number of sulfonamides is 1.